The number of rotatable bonds is 5. The van der Waals surface area contributed by atoms with Crippen molar-refractivity contribution in [2.45, 2.75) is 37.0 Å². The molecule has 0 bridgehead atoms. The van der Waals surface area contributed by atoms with Crippen molar-refractivity contribution in [3.63, 3.8) is 0 Å². The first-order chi connectivity index (χ1) is 6.24. The van der Waals surface area contributed by atoms with Gasteiger partial charge in [0.2, 0.25) is 0 Å². The molecule has 0 aromatic carbocycles. The van der Waals surface area contributed by atoms with Gasteiger partial charge in [0.25, 0.3) is 0 Å². The van der Waals surface area contributed by atoms with Gasteiger partial charge >= 0.3 is 0 Å². The van der Waals surface area contributed by atoms with Crippen LogP contribution in [0.2, 0.25) is 0 Å². The fourth-order valence-corrected chi connectivity index (χ4v) is 3.41. The van der Waals surface area contributed by atoms with E-state index in [1.807, 2.05) is 0 Å². The Kier molecular flexibility index (Phi) is 4.91. The van der Waals surface area contributed by atoms with Crippen LogP contribution in [0.25, 0.3) is 0 Å². The highest BCUT2D eigenvalue weighted by Crippen LogP contribution is 2.23. The lowest BCUT2D eigenvalue weighted by Gasteiger charge is -2.13. The van der Waals surface area contributed by atoms with Crippen LogP contribution in [0.4, 0.5) is 0 Å². The van der Waals surface area contributed by atoms with Gasteiger partial charge in [0.1, 0.15) is 0 Å². The SMILES string of the molecule is COCC(N)CS(=O)C1CCCC1. The van der Waals surface area contributed by atoms with Gasteiger partial charge in [-0.2, -0.15) is 0 Å². The van der Waals surface area contributed by atoms with Crippen LogP contribution in [-0.2, 0) is 15.5 Å². The molecule has 2 N–H and O–H groups in total. The minimum atomic E-state index is -0.732. The van der Waals surface area contributed by atoms with Crippen LogP contribution in [0, 0.1) is 0 Å². The fraction of sp³-hybridized carbons (Fsp3) is 1.00. The topological polar surface area (TPSA) is 52.3 Å². The normalized spacial score (nSPS) is 23.2. The monoisotopic (exact) mass is 205 g/mol. The molecule has 0 spiro atoms. The van der Waals surface area contributed by atoms with Gasteiger partial charge in [-0.05, 0) is 12.8 Å². The van der Waals surface area contributed by atoms with Gasteiger partial charge in [-0.25, -0.2) is 0 Å². The summed E-state index contributed by atoms with van der Waals surface area (Å²) < 4.78 is 16.6. The first kappa shape index (κ1) is 11.1. The van der Waals surface area contributed by atoms with Crippen LogP contribution in [0.15, 0.2) is 0 Å². The van der Waals surface area contributed by atoms with E-state index in [1.54, 1.807) is 7.11 Å². The van der Waals surface area contributed by atoms with E-state index >= 15 is 0 Å². The van der Waals surface area contributed by atoms with E-state index in [1.165, 1.54) is 12.8 Å². The average molecular weight is 205 g/mol. The first-order valence-electron chi connectivity index (χ1n) is 4.85. The molecule has 2 unspecified atom stereocenters. The lowest BCUT2D eigenvalue weighted by molar-refractivity contribution is 0.186. The van der Waals surface area contributed by atoms with Crippen molar-refractivity contribution in [1.29, 1.82) is 0 Å². The van der Waals surface area contributed by atoms with Crippen LogP contribution in [0.1, 0.15) is 25.7 Å². The summed E-state index contributed by atoms with van der Waals surface area (Å²) in [6.07, 6.45) is 4.70. The zero-order valence-electron chi connectivity index (χ0n) is 8.20. The standard InChI is InChI=1S/C9H19NO2S/c1-12-6-8(10)7-13(11)9-4-2-3-5-9/h8-9H,2-7,10H2,1H3. The molecule has 1 aliphatic rings. The summed E-state index contributed by atoms with van der Waals surface area (Å²) in [5.74, 6) is 0.596. The summed E-state index contributed by atoms with van der Waals surface area (Å²) in [6.45, 7) is 0.512. The second-order valence-electron chi connectivity index (χ2n) is 3.67. The Morgan fingerprint density at radius 1 is 1.54 bits per heavy atom. The van der Waals surface area contributed by atoms with Gasteiger partial charge in [-0.1, -0.05) is 12.8 Å². The third-order valence-corrected chi connectivity index (χ3v) is 4.40. The number of hydrogen-bond donors (Lipinski definition) is 1. The van der Waals surface area contributed by atoms with Crippen molar-refractivity contribution >= 4 is 10.8 Å². The highest BCUT2D eigenvalue weighted by molar-refractivity contribution is 7.85. The second kappa shape index (κ2) is 5.73. The van der Waals surface area contributed by atoms with Gasteiger partial charge in [0.05, 0.1) is 6.61 Å². The van der Waals surface area contributed by atoms with Gasteiger partial charge in [-0.3, -0.25) is 4.21 Å². The molecular formula is C9H19NO2S. The first-order valence-corrected chi connectivity index (χ1v) is 6.24. The van der Waals surface area contributed by atoms with Crippen LogP contribution < -0.4 is 5.73 Å². The van der Waals surface area contributed by atoms with Crippen LogP contribution in [0.5, 0.6) is 0 Å². The van der Waals surface area contributed by atoms with E-state index in [2.05, 4.69) is 0 Å². The zero-order valence-corrected chi connectivity index (χ0v) is 9.02. The number of nitrogens with two attached hydrogens (primary N) is 1. The molecule has 3 nitrogen and oxygen atoms in total. The predicted molar refractivity (Wildman–Crippen MR) is 55.1 cm³/mol. The Balaban J connectivity index is 2.23. The summed E-state index contributed by atoms with van der Waals surface area (Å²) in [5, 5.41) is 0.405. The van der Waals surface area contributed by atoms with E-state index in [0.29, 0.717) is 17.6 Å². The van der Waals surface area contributed by atoms with Crippen molar-refractivity contribution in [3.05, 3.63) is 0 Å². The summed E-state index contributed by atoms with van der Waals surface area (Å²) in [5.41, 5.74) is 5.73. The Labute approximate surface area is 82.5 Å². The number of methoxy groups -OCH3 is 1. The van der Waals surface area contributed by atoms with E-state index in [-0.39, 0.29) is 6.04 Å². The lowest BCUT2D eigenvalue weighted by atomic mass is 10.4. The largest absolute Gasteiger partial charge is 0.383 e. The van der Waals surface area contributed by atoms with E-state index < -0.39 is 10.8 Å². The van der Waals surface area contributed by atoms with Crippen molar-refractivity contribution in [1.82, 2.24) is 0 Å². The van der Waals surface area contributed by atoms with Crippen LogP contribution >= 0.6 is 0 Å². The summed E-state index contributed by atoms with van der Waals surface area (Å²) in [4.78, 5) is 0. The van der Waals surface area contributed by atoms with E-state index in [0.717, 1.165) is 12.8 Å². The second-order valence-corrected chi connectivity index (χ2v) is 5.43. The molecule has 2 atom stereocenters. The molecule has 13 heavy (non-hydrogen) atoms. The highest BCUT2D eigenvalue weighted by Gasteiger charge is 2.22. The zero-order chi connectivity index (χ0) is 9.68. The molecular weight excluding hydrogens is 186 g/mol. The summed E-state index contributed by atoms with van der Waals surface area (Å²) in [6, 6.07) is -0.0635. The molecule has 0 aliphatic heterocycles. The van der Waals surface area contributed by atoms with Crippen LogP contribution in [-0.4, -0.2) is 35.0 Å². The highest BCUT2D eigenvalue weighted by atomic mass is 32.2. The maximum absolute atomic E-state index is 11.7. The summed E-state index contributed by atoms with van der Waals surface area (Å²) >= 11 is 0. The van der Waals surface area contributed by atoms with E-state index in [9.17, 15) is 4.21 Å². The van der Waals surface area contributed by atoms with Crippen molar-refractivity contribution in [2.24, 2.45) is 5.73 Å². The maximum Gasteiger partial charge on any atom is 0.0622 e. The Morgan fingerprint density at radius 3 is 2.69 bits per heavy atom. The van der Waals surface area contributed by atoms with E-state index in [4.69, 9.17) is 10.5 Å². The molecule has 0 heterocycles. The molecule has 1 fully saturated rings. The van der Waals surface area contributed by atoms with Crippen molar-refractivity contribution < 1.29 is 8.95 Å². The molecule has 0 saturated heterocycles. The minimum Gasteiger partial charge on any atom is -0.383 e. The van der Waals surface area contributed by atoms with Gasteiger partial charge in [0, 0.05) is 35.0 Å². The fourth-order valence-electron chi connectivity index (χ4n) is 1.76. The number of ether oxygens (including phenoxy) is 1. The third kappa shape index (κ3) is 3.75. The molecule has 78 valence electrons. The molecule has 0 radical (unpaired) electrons. The van der Waals surface area contributed by atoms with Gasteiger partial charge in [0.15, 0.2) is 0 Å². The smallest absolute Gasteiger partial charge is 0.0622 e. The van der Waals surface area contributed by atoms with Gasteiger partial charge < -0.3 is 10.5 Å². The molecule has 4 heteroatoms. The average Bonchev–Trinajstić information content (AvgIpc) is 2.55. The van der Waals surface area contributed by atoms with Gasteiger partial charge in [-0.15, -0.1) is 0 Å². The Morgan fingerprint density at radius 2 is 2.15 bits per heavy atom. The number of hydrogen-bond acceptors (Lipinski definition) is 3. The molecule has 1 rings (SSSR count). The quantitative estimate of drug-likeness (QED) is 0.717. The molecule has 0 aromatic rings. The molecule has 1 saturated carbocycles. The lowest BCUT2D eigenvalue weighted by Crippen LogP contribution is -2.34. The Bertz CT molecular complexity index is 169. The minimum absolute atomic E-state index is 0.0635. The predicted octanol–water partition coefficient (Wildman–Crippen LogP) is 0.651. The van der Waals surface area contributed by atoms with Crippen molar-refractivity contribution in [2.75, 3.05) is 19.5 Å². The summed E-state index contributed by atoms with van der Waals surface area (Å²) in [7, 11) is 0.891. The van der Waals surface area contributed by atoms with Crippen molar-refractivity contribution in [3.8, 4) is 0 Å². The molecule has 1 aliphatic carbocycles. The Hall–Kier alpha value is 0.0700. The maximum atomic E-state index is 11.7. The molecule has 0 amide bonds. The molecule has 0 aromatic heterocycles. The third-order valence-electron chi connectivity index (χ3n) is 2.43. The van der Waals surface area contributed by atoms with Crippen LogP contribution in [0.3, 0.4) is 0 Å².